The van der Waals surface area contributed by atoms with E-state index in [1.807, 2.05) is 0 Å². The molecule has 0 radical (unpaired) electrons. The van der Waals surface area contributed by atoms with Gasteiger partial charge >= 0.3 is 6.18 Å². The van der Waals surface area contributed by atoms with Crippen LogP contribution >= 0.6 is 0 Å². The van der Waals surface area contributed by atoms with Crippen LogP contribution in [0.15, 0.2) is 41.6 Å². The summed E-state index contributed by atoms with van der Waals surface area (Å²) >= 11 is 0. The summed E-state index contributed by atoms with van der Waals surface area (Å²) in [5.74, 6) is -1.15. The lowest BCUT2D eigenvalue weighted by molar-refractivity contribution is -0.141. The van der Waals surface area contributed by atoms with E-state index in [4.69, 9.17) is 0 Å². The fraction of sp³-hybridized carbons (Fsp3) is 0.517. The van der Waals surface area contributed by atoms with Gasteiger partial charge in [0.1, 0.15) is 35.7 Å². The number of rotatable bonds is 10. The van der Waals surface area contributed by atoms with Crippen molar-refractivity contribution in [3.8, 4) is 0 Å². The third kappa shape index (κ3) is 7.05. The number of aromatic nitrogens is 4. The molecule has 0 spiro atoms. The highest BCUT2D eigenvalue weighted by molar-refractivity contribution is 6.04. The highest BCUT2D eigenvalue weighted by Crippen LogP contribution is 2.58. The van der Waals surface area contributed by atoms with Crippen molar-refractivity contribution in [2.75, 3.05) is 11.9 Å². The number of alkyl halides is 4. The molecule has 0 saturated heterocycles. The summed E-state index contributed by atoms with van der Waals surface area (Å²) in [5, 5.41) is 13.6. The van der Waals surface area contributed by atoms with Crippen molar-refractivity contribution in [3.63, 3.8) is 0 Å². The number of nitrogens with zero attached hydrogens (tertiary/aromatic N) is 4. The Hall–Kier alpha value is -3.61. The van der Waals surface area contributed by atoms with E-state index in [1.165, 1.54) is 26.0 Å². The molecule has 2 heterocycles. The van der Waals surface area contributed by atoms with E-state index >= 15 is 0 Å². The maximum atomic E-state index is 15.0. The number of benzene rings is 1. The second kappa shape index (κ2) is 11.2. The van der Waals surface area contributed by atoms with Crippen LogP contribution in [0.3, 0.4) is 0 Å². The Morgan fingerprint density at radius 3 is 2.38 bits per heavy atom. The van der Waals surface area contributed by atoms with Gasteiger partial charge in [0.15, 0.2) is 0 Å². The average Bonchev–Trinajstić information content (AvgIpc) is 3.27. The maximum Gasteiger partial charge on any atom is 0.406 e. The molecule has 0 aliphatic heterocycles. The van der Waals surface area contributed by atoms with Gasteiger partial charge in [-0.05, 0) is 74.4 Å². The van der Waals surface area contributed by atoms with Gasteiger partial charge in [-0.15, -0.1) is 10.2 Å². The largest absolute Gasteiger partial charge is 0.406 e. The van der Waals surface area contributed by atoms with Crippen LogP contribution < -0.4 is 16.2 Å². The number of nitrogens with one attached hydrogen (secondary N) is 2. The summed E-state index contributed by atoms with van der Waals surface area (Å²) in [5.41, 5.74) is -3.17. The minimum atomic E-state index is -4.73. The zero-order chi connectivity index (χ0) is 31.1. The highest BCUT2D eigenvalue weighted by Gasteiger charge is 2.54. The Bertz CT molecular complexity index is 1510. The van der Waals surface area contributed by atoms with Gasteiger partial charge < -0.3 is 19.8 Å². The fourth-order valence-corrected chi connectivity index (χ4v) is 5.78. The van der Waals surface area contributed by atoms with Crippen molar-refractivity contribution >= 4 is 11.6 Å². The second-order valence-corrected chi connectivity index (χ2v) is 12.5. The molecule has 2 aromatic heterocycles. The van der Waals surface area contributed by atoms with Crippen LogP contribution in [0.4, 0.5) is 27.6 Å². The van der Waals surface area contributed by atoms with Gasteiger partial charge in [0.2, 0.25) is 0 Å². The minimum absolute atomic E-state index is 0.0195. The van der Waals surface area contributed by atoms with Crippen molar-refractivity contribution in [2.24, 2.45) is 12.5 Å². The van der Waals surface area contributed by atoms with E-state index in [-0.39, 0.29) is 36.2 Å². The van der Waals surface area contributed by atoms with Crippen molar-refractivity contribution in [3.05, 3.63) is 75.5 Å². The molecule has 1 saturated carbocycles. The van der Waals surface area contributed by atoms with Crippen LogP contribution in [0, 0.1) is 11.2 Å². The number of pyridine rings is 1. The summed E-state index contributed by atoms with van der Waals surface area (Å²) in [7, 11) is 1.81. The van der Waals surface area contributed by atoms with Crippen molar-refractivity contribution in [1.29, 1.82) is 0 Å². The van der Waals surface area contributed by atoms with Crippen LogP contribution in [-0.2, 0) is 25.6 Å². The number of halogens is 5. The van der Waals surface area contributed by atoms with E-state index in [0.29, 0.717) is 28.8 Å². The lowest BCUT2D eigenvalue weighted by Gasteiger charge is -2.52. The monoisotopic (exact) mass is 594 g/mol. The smallest absolute Gasteiger partial charge is 0.320 e. The number of hydrogen-bond acceptors (Lipinski definition) is 5. The molecule has 0 unspecified atom stereocenters. The quantitative estimate of drug-likeness (QED) is 0.247. The molecule has 4 rings (SSSR count). The topological polar surface area (TPSA) is 93.8 Å². The minimum Gasteiger partial charge on any atom is -0.320 e. The standard InChI is InChI=1S/C29H35F5N6O2/c1-26(2)14-28(15-26,25-38-36-17-39(25)5)19-6-7-21(30)22(11-19)37-23(41)20-10-18(12-35-9-8-27(3,4)31)13-40(24(20)42)16-29(32,33)34/h6-7,10-11,13,17,35H,8-9,12,14-16H2,1-5H3,(H,37,41). The number of aryl methyl sites for hydroxylation is 1. The molecular weight excluding hydrogens is 559 g/mol. The number of carbonyl (C=O) groups is 1. The zero-order valence-electron chi connectivity index (χ0n) is 24.2. The van der Waals surface area contributed by atoms with Gasteiger partial charge in [-0.3, -0.25) is 9.59 Å². The predicted molar refractivity (Wildman–Crippen MR) is 147 cm³/mol. The van der Waals surface area contributed by atoms with E-state index in [1.54, 1.807) is 24.0 Å². The van der Waals surface area contributed by atoms with E-state index < -0.39 is 46.7 Å². The lowest BCUT2D eigenvalue weighted by Crippen LogP contribution is -2.49. The SMILES string of the molecule is Cn1cnnc1C1(c2ccc(F)c(NC(=O)c3cc(CNCCC(C)(C)F)cn(CC(F)(F)F)c3=O)c2)CC(C)(C)C1. The van der Waals surface area contributed by atoms with Crippen LogP contribution in [0.25, 0.3) is 0 Å². The van der Waals surface area contributed by atoms with Gasteiger partial charge in [0.25, 0.3) is 11.5 Å². The molecule has 0 bridgehead atoms. The third-order valence-electron chi connectivity index (χ3n) is 7.43. The van der Waals surface area contributed by atoms with Crippen LogP contribution in [-0.4, -0.2) is 43.6 Å². The number of carbonyl (C=O) groups excluding carboxylic acids is 1. The molecule has 1 aliphatic rings. The average molecular weight is 595 g/mol. The maximum absolute atomic E-state index is 15.0. The molecule has 1 amide bonds. The molecule has 0 atom stereocenters. The Kier molecular flexibility index (Phi) is 8.38. The lowest BCUT2D eigenvalue weighted by atomic mass is 9.51. The van der Waals surface area contributed by atoms with E-state index in [9.17, 15) is 31.5 Å². The molecule has 3 aromatic rings. The van der Waals surface area contributed by atoms with E-state index in [0.717, 1.165) is 12.3 Å². The second-order valence-electron chi connectivity index (χ2n) is 12.5. The summed E-state index contributed by atoms with van der Waals surface area (Å²) in [6, 6.07) is 5.43. The van der Waals surface area contributed by atoms with Crippen LogP contribution in [0.2, 0.25) is 0 Å². The number of anilines is 1. The van der Waals surface area contributed by atoms with E-state index in [2.05, 4.69) is 34.7 Å². The summed E-state index contributed by atoms with van der Waals surface area (Å²) < 4.78 is 70.7. The van der Waals surface area contributed by atoms with Crippen molar-refractivity contribution in [1.82, 2.24) is 24.6 Å². The number of amides is 1. The normalized spacial score (nSPS) is 16.2. The summed E-state index contributed by atoms with van der Waals surface area (Å²) in [6.07, 6.45) is -0.645. The Morgan fingerprint density at radius 2 is 1.81 bits per heavy atom. The van der Waals surface area contributed by atoms with Gasteiger partial charge in [0.05, 0.1) is 11.1 Å². The first-order chi connectivity index (χ1) is 19.4. The Balaban J connectivity index is 1.65. The molecule has 1 aliphatic carbocycles. The first kappa shape index (κ1) is 31.3. The molecular formula is C29H35F5N6O2. The fourth-order valence-electron chi connectivity index (χ4n) is 5.78. The predicted octanol–water partition coefficient (Wildman–Crippen LogP) is 5.26. The van der Waals surface area contributed by atoms with Gasteiger partial charge in [0, 0.05) is 19.8 Å². The molecule has 42 heavy (non-hydrogen) atoms. The van der Waals surface area contributed by atoms with Gasteiger partial charge in [-0.25, -0.2) is 8.78 Å². The van der Waals surface area contributed by atoms with Crippen LogP contribution in [0.1, 0.15) is 74.3 Å². The summed E-state index contributed by atoms with van der Waals surface area (Å²) in [6.45, 7) is 5.57. The number of hydrogen-bond donors (Lipinski definition) is 2. The van der Waals surface area contributed by atoms with Crippen molar-refractivity contribution < 1.29 is 26.7 Å². The molecule has 1 fully saturated rings. The highest BCUT2D eigenvalue weighted by atomic mass is 19.4. The zero-order valence-corrected chi connectivity index (χ0v) is 24.2. The first-order valence-corrected chi connectivity index (χ1v) is 13.5. The molecule has 228 valence electrons. The van der Waals surface area contributed by atoms with Gasteiger partial charge in [-0.2, -0.15) is 13.2 Å². The Labute approximate surface area is 240 Å². The summed E-state index contributed by atoms with van der Waals surface area (Å²) in [4.78, 5) is 26.2. The molecule has 8 nitrogen and oxygen atoms in total. The molecule has 13 heteroatoms. The molecule has 1 aromatic carbocycles. The van der Waals surface area contributed by atoms with Crippen molar-refractivity contribution in [2.45, 2.75) is 77.3 Å². The third-order valence-corrected chi connectivity index (χ3v) is 7.43. The first-order valence-electron chi connectivity index (χ1n) is 13.5. The molecule has 2 N–H and O–H groups in total. The van der Waals surface area contributed by atoms with Crippen LogP contribution in [0.5, 0.6) is 0 Å². The van der Waals surface area contributed by atoms with Gasteiger partial charge in [-0.1, -0.05) is 19.9 Å². The Morgan fingerprint density at radius 1 is 1.12 bits per heavy atom.